The molecule has 0 aromatic rings. The second kappa shape index (κ2) is 4.98. The average Bonchev–Trinajstić information content (AvgIpc) is 2.16. The molecule has 80 valence electrons. The Morgan fingerprint density at radius 3 is 2.86 bits per heavy atom. The first-order chi connectivity index (χ1) is 6.63. The summed E-state index contributed by atoms with van der Waals surface area (Å²) >= 11 is 0. The Labute approximate surface area is 84.2 Å². The number of carbonyl (C=O) groups is 2. The van der Waals surface area contributed by atoms with Gasteiger partial charge in [-0.2, -0.15) is 0 Å². The molecule has 1 aliphatic heterocycles. The molecule has 4 heteroatoms. The van der Waals surface area contributed by atoms with Crippen LogP contribution in [0.5, 0.6) is 0 Å². The van der Waals surface area contributed by atoms with Gasteiger partial charge >= 0.3 is 0 Å². The van der Waals surface area contributed by atoms with Crippen molar-refractivity contribution >= 4 is 11.8 Å². The Balaban J connectivity index is 2.36. The molecule has 1 heterocycles. The van der Waals surface area contributed by atoms with Crippen molar-refractivity contribution in [1.82, 2.24) is 5.32 Å². The van der Waals surface area contributed by atoms with Crippen molar-refractivity contribution < 1.29 is 9.59 Å². The van der Waals surface area contributed by atoms with E-state index in [2.05, 4.69) is 5.32 Å². The van der Waals surface area contributed by atoms with Crippen molar-refractivity contribution in [3.8, 4) is 0 Å². The zero-order valence-electron chi connectivity index (χ0n) is 8.58. The normalized spacial score (nSPS) is 24.1. The largest absolute Gasteiger partial charge is 0.369 e. The molecule has 1 fully saturated rings. The lowest BCUT2D eigenvalue weighted by Crippen LogP contribution is -2.37. The molecule has 2 unspecified atom stereocenters. The first-order valence-electron chi connectivity index (χ1n) is 5.19. The molecule has 0 bridgehead atoms. The molecule has 0 aromatic carbocycles. The number of primary amides is 1. The number of nitrogens with one attached hydrogen (secondary N) is 1. The minimum absolute atomic E-state index is 0.0324. The smallest absolute Gasteiger partial charge is 0.220 e. The molecule has 0 radical (unpaired) electrons. The minimum atomic E-state index is -0.218. The van der Waals surface area contributed by atoms with Crippen LogP contribution in [0.25, 0.3) is 0 Å². The summed E-state index contributed by atoms with van der Waals surface area (Å²) in [4.78, 5) is 21.9. The summed E-state index contributed by atoms with van der Waals surface area (Å²) in [5.74, 6) is 0.290. The van der Waals surface area contributed by atoms with Crippen LogP contribution in [-0.2, 0) is 9.59 Å². The maximum atomic E-state index is 11.0. The molecule has 1 aliphatic rings. The summed E-state index contributed by atoms with van der Waals surface area (Å²) in [5.41, 5.74) is 5.27. The fraction of sp³-hybridized carbons (Fsp3) is 0.800. The molecule has 0 spiro atoms. The molecule has 2 amide bonds. The fourth-order valence-electron chi connectivity index (χ4n) is 1.87. The molecule has 1 saturated heterocycles. The Kier molecular flexibility index (Phi) is 3.92. The van der Waals surface area contributed by atoms with Crippen LogP contribution in [0.4, 0.5) is 0 Å². The number of piperidine rings is 1. The lowest BCUT2D eigenvalue weighted by Gasteiger charge is -2.24. The van der Waals surface area contributed by atoms with Crippen LogP contribution >= 0.6 is 0 Å². The van der Waals surface area contributed by atoms with Gasteiger partial charge in [-0.05, 0) is 25.2 Å². The zero-order chi connectivity index (χ0) is 10.6. The quantitative estimate of drug-likeness (QED) is 0.687. The highest BCUT2D eigenvalue weighted by Crippen LogP contribution is 2.21. The molecule has 3 N–H and O–H groups in total. The van der Waals surface area contributed by atoms with Gasteiger partial charge in [0.15, 0.2) is 0 Å². The van der Waals surface area contributed by atoms with Crippen molar-refractivity contribution in [1.29, 1.82) is 0 Å². The van der Waals surface area contributed by atoms with E-state index < -0.39 is 0 Å². The van der Waals surface area contributed by atoms with Gasteiger partial charge in [0.1, 0.15) is 0 Å². The van der Waals surface area contributed by atoms with E-state index in [-0.39, 0.29) is 17.7 Å². The molecule has 0 aromatic heterocycles. The highest BCUT2D eigenvalue weighted by molar-refractivity contribution is 5.77. The van der Waals surface area contributed by atoms with E-state index in [0.717, 1.165) is 19.3 Å². The van der Waals surface area contributed by atoms with Crippen LogP contribution in [0.2, 0.25) is 0 Å². The summed E-state index contributed by atoms with van der Waals surface area (Å²) in [6.07, 6.45) is 3.07. The highest BCUT2D eigenvalue weighted by atomic mass is 16.2. The first kappa shape index (κ1) is 11.0. The number of carbonyl (C=O) groups excluding carboxylic acids is 2. The van der Waals surface area contributed by atoms with Gasteiger partial charge in [0.25, 0.3) is 0 Å². The first-order valence-corrected chi connectivity index (χ1v) is 5.19. The Morgan fingerprint density at radius 2 is 2.43 bits per heavy atom. The van der Waals surface area contributed by atoms with Crippen LogP contribution in [0, 0.1) is 11.8 Å². The van der Waals surface area contributed by atoms with Gasteiger partial charge in [-0.3, -0.25) is 9.59 Å². The second-order valence-electron chi connectivity index (χ2n) is 3.95. The van der Waals surface area contributed by atoms with Crippen molar-refractivity contribution in [2.75, 3.05) is 6.54 Å². The Bertz CT molecular complexity index is 218. The van der Waals surface area contributed by atoms with Gasteiger partial charge in [0, 0.05) is 18.9 Å². The van der Waals surface area contributed by atoms with E-state index in [1.54, 1.807) is 0 Å². The van der Waals surface area contributed by atoms with Crippen LogP contribution in [0.1, 0.15) is 32.6 Å². The van der Waals surface area contributed by atoms with E-state index >= 15 is 0 Å². The minimum Gasteiger partial charge on any atom is -0.369 e. The number of rotatable bonds is 4. The summed E-state index contributed by atoms with van der Waals surface area (Å²) in [7, 11) is 0. The molecule has 2 atom stereocenters. The predicted octanol–water partition coefficient (Wildman–Crippen LogP) is 0.414. The zero-order valence-corrected chi connectivity index (χ0v) is 8.58. The predicted molar refractivity (Wildman–Crippen MR) is 53.3 cm³/mol. The SMILES string of the molecule is CCC(CC1CCC(=O)NC1)C(N)=O. The third-order valence-corrected chi connectivity index (χ3v) is 2.88. The highest BCUT2D eigenvalue weighted by Gasteiger charge is 2.23. The second-order valence-corrected chi connectivity index (χ2v) is 3.95. The molecular formula is C10H18N2O2. The number of amides is 2. The van der Waals surface area contributed by atoms with Crippen LogP contribution in [0.15, 0.2) is 0 Å². The summed E-state index contributed by atoms with van der Waals surface area (Å²) in [5, 5.41) is 2.81. The lowest BCUT2D eigenvalue weighted by molar-refractivity contribution is -0.123. The van der Waals surface area contributed by atoms with Crippen LogP contribution in [0.3, 0.4) is 0 Å². The Hall–Kier alpha value is -1.06. The average molecular weight is 198 g/mol. The van der Waals surface area contributed by atoms with Gasteiger partial charge in [0.2, 0.25) is 11.8 Å². The summed E-state index contributed by atoms with van der Waals surface area (Å²) < 4.78 is 0. The van der Waals surface area contributed by atoms with Gasteiger partial charge in [-0.25, -0.2) is 0 Å². The van der Waals surface area contributed by atoms with E-state index in [1.807, 2.05) is 6.92 Å². The molecule has 0 aliphatic carbocycles. The van der Waals surface area contributed by atoms with Crippen molar-refractivity contribution in [3.05, 3.63) is 0 Å². The van der Waals surface area contributed by atoms with Gasteiger partial charge in [-0.1, -0.05) is 6.92 Å². The third kappa shape index (κ3) is 3.01. The maximum Gasteiger partial charge on any atom is 0.220 e. The maximum absolute atomic E-state index is 11.0. The lowest BCUT2D eigenvalue weighted by atomic mass is 9.87. The van der Waals surface area contributed by atoms with Crippen LogP contribution < -0.4 is 11.1 Å². The number of hydrogen-bond donors (Lipinski definition) is 2. The van der Waals surface area contributed by atoms with Gasteiger partial charge < -0.3 is 11.1 Å². The van der Waals surface area contributed by atoms with Crippen LogP contribution in [-0.4, -0.2) is 18.4 Å². The Morgan fingerprint density at radius 1 is 1.71 bits per heavy atom. The molecule has 1 rings (SSSR count). The van der Waals surface area contributed by atoms with Crippen molar-refractivity contribution in [3.63, 3.8) is 0 Å². The molecule has 4 nitrogen and oxygen atoms in total. The molecule has 0 saturated carbocycles. The fourth-order valence-corrected chi connectivity index (χ4v) is 1.87. The summed E-state index contributed by atoms with van der Waals surface area (Å²) in [6, 6.07) is 0. The van der Waals surface area contributed by atoms with Crippen molar-refractivity contribution in [2.24, 2.45) is 17.6 Å². The number of nitrogens with two attached hydrogens (primary N) is 1. The standard InChI is InChI=1S/C10H18N2O2/c1-2-8(10(11)14)5-7-3-4-9(13)12-6-7/h7-8H,2-6H2,1H3,(H2,11,14)(H,12,13). The topological polar surface area (TPSA) is 72.2 Å². The molecular weight excluding hydrogens is 180 g/mol. The van der Waals surface area contributed by atoms with Gasteiger partial charge in [0.05, 0.1) is 0 Å². The van der Waals surface area contributed by atoms with Gasteiger partial charge in [-0.15, -0.1) is 0 Å². The van der Waals surface area contributed by atoms with E-state index in [1.165, 1.54) is 0 Å². The van der Waals surface area contributed by atoms with E-state index in [9.17, 15) is 9.59 Å². The van der Waals surface area contributed by atoms with E-state index in [4.69, 9.17) is 5.73 Å². The van der Waals surface area contributed by atoms with Crippen molar-refractivity contribution in [2.45, 2.75) is 32.6 Å². The summed E-state index contributed by atoms with van der Waals surface area (Å²) in [6.45, 7) is 2.67. The third-order valence-electron chi connectivity index (χ3n) is 2.88. The monoisotopic (exact) mass is 198 g/mol. The van der Waals surface area contributed by atoms with E-state index in [0.29, 0.717) is 18.9 Å². The number of hydrogen-bond acceptors (Lipinski definition) is 2. The molecule has 14 heavy (non-hydrogen) atoms.